The number of anilines is 1. The average molecular weight is 567 g/mol. The van der Waals surface area contributed by atoms with Gasteiger partial charge in [0.1, 0.15) is 0 Å². The molecule has 4 heterocycles. The fourth-order valence-electron chi connectivity index (χ4n) is 5.36. The molecule has 0 spiro atoms. The van der Waals surface area contributed by atoms with Crippen LogP contribution in [0.2, 0.25) is 0 Å². The highest BCUT2D eigenvalue weighted by Crippen LogP contribution is 2.33. The van der Waals surface area contributed by atoms with Crippen molar-refractivity contribution in [1.82, 2.24) is 15.0 Å². The molecule has 1 fully saturated rings. The van der Waals surface area contributed by atoms with Crippen LogP contribution in [0.15, 0.2) is 91.2 Å². The molecule has 0 unspecified atom stereocenters. The second kappa shape index (κ2) is 12.5. The molecule has 6 nitrogen and oxygen atoms in total. The number of thiophene rings is 1. The zero-order valence-electron chi connectivity index (χ0n) is 23.3. The highest BCUT2D eigenvalue weighted by molar-refractivity contribution is 7.13. The molecule has 0 saturated heterocycles. The topological polar surface area (TPSA) is 103 Å². The van der Waals surface area contributed by atoms with Crippen LogP contribution in [0.4, 0.5) is 10.1 Å². The molecule has 1 aliphatic carbocycles. The lowest BCUT2D eigenvalue weighted by Crippen LogP contribution is -2.12. The predicted molar refractivity (Wildman–Crippen MR) is 169 cm³/mol. The van der Waals surface area contributed by atoms with E-state index in [9.17, 15) is 4.39 Å². The van der Waals surface area contributed by atoms with Crippen LogP contribution in [0.5, 0.6) is 0 Å². The van der Waals surface area contributed by atoms with Gasteiger partial charge in [0.15, 0.2) is 5.13 Å². The molecule has 0 aliphatic heterocycles. The molecule has 210 valence electrons. The summed E-state index contributed by atoms with van der Waals surface area (Å²) < 4.78 is 13.7. The fraction of sp³-hybridized carbons (Fsp3) is 0.242. The van der Waals surface area contributed by atoms with Crippen LogP contribution in [0.25, 0.3) is 27.0 Å². The fourth-order valence-corrected chi connectivity index (χ4v) is 6.10. The maximum absolute atomic E-state index is 13.7. The van der Waals surface area contributed by atoms with Crippen LogP contribution >= 0.6 is 11.3 Å². The first-order chi connectivity index (χ1) is 19.8. The Morgan fingerprint density at radius 1 is 1.20 bits per heavy atom. The second-order valence-corrected chi connectivity index (χ2v) is 11.5. The second-order valence-electron chi connectivity index (χ2n) is 10.5. The summed E-state index contributed by atoms with van der Waals surface area (Å²) in [6, 6.07) is 8.84. The molecule has 4 aromatic heterocycles. The molecular weight excluding hydrogens is 531 g/mol. The molecule has 0 bridgehead atoms. The number of halogens is 1. The lowest BCUT2D eigenvalue weighted by molar-refractivity contribution is 0.357. The lowest BCUT2D eigenvalue weighted by atomic mass is 9.86. The van der Waals surface area contributed by atoms with E-state index in [1.165, 1.54) is 38.2 Å². The number of rotatable bonds is 10. The summed E-state index contributed by atoms with van der Waals surface area (Å²) in [6.07, 6.45) is 16.2. The van der Waals surface area contributed by atoms with Crippen molar-refractivity contribution in [1.29, 1.82) is 5.41 Å². The van der Waals surface area contributed by atoms with Crippen molar-refractivity contribution in [2.75, 3.05) is 5.32 Å². The minimum atomic E-state index is -0.269. The van der Waals surface area contributed by atoms with E-state index < -0.39 is 0 Å². The maximum atomic E-state index is 13.7. The molecule has 0 amide bonds. The van der Waals surface area contributed by atoms with Crippen LogP contribution in [0, 0.1) is 16.5 Å². The van der Waals surface area contributed by atoms with Gasteiger partial charge in [-0.05, 0) is 61.2 Å². The van der Waals surface area contributed by atoms with Gasteiger partial charge in [-0.1, -0.05) is 51.3 Å². The number of aromatic amines is 1. The number of pyridine rings is 2. The highest BCUT2D eigenvalue weighted by atomic mass is 32.1. The van der Waals surface area contributed by atoms with Gasteiger partial charge in [-0.3, -0.25) is 15.4 Å². The maximum Gasteiger partial charge on any atom is 0.177 e. The van der Waals surface area contributed by atoms with Gasteiger partial charge in [-0.2, -0.15) is 4.39 Å². The van der Waals surface area contributed by atoms with Crippen molar-refractivity contribution >= 4 is 39.2 Å². The van der Waals surface area contributed by atoms with Gasteiger partial charge >= 0.3 is 0 Å². The third kappa shape index (κ3) is 6.55. The summed E-state index contributed by atoms with van der Waals surface area (Å²) in [7, 11) is 0. The van der Waals surface area contributed by atoms with Crippen molar-refractivity contribution in [3.8, 4) is 10.6 Å². The molecule has 0 radical (unpaired) electrons. The van der Waals surface area contributed by atoms with Crippen LogP contribution in [0.3, 0.4) is 0 Å². The van der Waals surface area contributed by atoms with E-state index in [-0.39, 0.29) is 10.8 Å². The van der Waals surface area contributed by atoms with E-state index in [0.717, 1.165) is 50.5 Å². The number of nitrogens with two attached hydrogens (primary N) is 1. The number of allylic oxidation sites excluding steroid dienone is 5. The van der Waals surface area contributed by atoms with E-state index in [2.05, 4.69) is 33.4 Å². The molecule has 1 saturated carbocycles. The predicted octanol–water partition coefficient (Wildman–Crippen LogP) is 8.59. The summed E-state index contributed by atoms with van der Waals surface area (Å²) >= 11 is 1.04. The third-order valence-electron chi connectivity index (χ3n) is 7.52. The van der Waals surface area contributed by atoms with Gasteiger partial charge in [0.25, 0.3) is 0 Å². The first kappa shape index (κ1) is 28.2. The van der Waals surface area contributed by atoms with Crippen LogP contribution in [-0.2, 0) is 0 Å². The monoisotopic (exact) mass is 566 g/mol. The smallest absolute Gasteiger partial charge is 0.177 e. The summed E-state index contributed by atoms with van der Waals surface area (Å²) in [6.45, 7) is 10.4. The Labute approximate surface area is 244 Å². The van der Waals surface area contributed by atoms with E-state index in [1.54, 1.807) is 30.7 Å². The van der Waals surface area contributed by atoms with Gasteiger partial charge in [0.2, 0.25) is 0 Å². The molecular formula is C33H35FN6S. The lowest BCUT2D eigenvalue weighted by Gasteiger charge is -2.23. The molecule has 1 aliphatic rings. The van der Waals surface area contributed by atoms with Crippen molar-refractivity contribution in [2.24, 2.45) is 11.7 Å². The largest absolute Gasteiger partial charge is 0.398 e. The van der Waals surface area contributed by atoms with Crippen LogP contribution in [0.1, 0.15) is 56.7 Å². The Balaban J connectivity index is 1.39. The normalized spacial score (nSPS) is 14.8. The average Bonchev–Trinajstić information content (AvgIpc) is 3.62. The van der Waals surface area contributed by atoms with E-state index in [0.29, 0.717) is 34.1 Å². The number of hydrogen-bond acceptors (Lipinski definition) is 6. The first-order valence-corrected chi connectivity index (χ1v) is 14.7. The van der Waals surface area contributed by atoms with Gasteiger partial charge in [0, 0.05) is 45.8 Å². The van der Waals surface area contributed by atoms with E-state index in [4.69, 9.17) is 11.1 Å². The van der Waals surface area contributed by atoms with Gasteiger partial charge in [-0.25, -0.2) is 0 Å². The van der Waals surface area contributed by atoms with Gasteiger partial charge in [0.05, 0.1) is 33.9 Å². The number of fused-ring (bicyclic) bond motifs is 1. The van der Waals surface area contributed by atoms with Crippen molar-refractivity contribution in [3.05, 3.63) is 108 Å². The number of H-pyrrole nitrogens is 1. The third-order valence-corrected chi connectivity index (χ3v) is 8.40. The minimum absolute atomic E-state index is 0.212. The van der Waals surface area contributed by atoms with Crippen LogP contribution < -0.4 is 11.1 Å². The number of hydrogen-bond donors (Lipinski definition) is 4. The highest BCUT2D eigenvalue weighted by Gasteiger charge is 2.18. The summed E-state index contributed by atoms with van der Waals surface area (Å²) in [5.41, 5.74) is 13.0. The molecule has 4 aromatic rings. The number of nitrogens with one attached hydrogen (secondary N) is 3. The SMILES string of the molecule is C=C(CC1CCCCC1)Nc1cncc(C(=C)/C=C(C(=N)c2cc3c(-c4ccc(F)s4)nccc3[nH]2)\C(N)=C/C)c1. The van der Waals surface area contributed by atoms with Crippen molar-refractivity contribution < 1.29 is 4.39 Å². The summed E-state index contributed by atoms with van der Waals surface area (Å²) in [4.78, 5) is 12.9. The Kier molecular flexibility index (Phi) is 8.59. The Morgan fingerprint density at radius 2 is 2.00 bits per heavy atom. The number of nitrogens with zero attached hydrogens (tertiary/aromatic N) is 2. The zero-order valence-corrected chi connectivity index (χ0v) is 24.1. The zero-order chi connectivity index (χ0) is 28.9. The first-order valence-electron chi connectivity index (χ1n) is 13.9. The molecule has 0 aromatic carbocycles. The minimum Gasteiger partial charge on any atom is -0.398 e. The molecule has 0 atom stereocenters. The standard InChI is InChI=1S/C33H35FN6S/c1-4-27(35)25(32(36)29-17-26-28(40-29)12-13-38-33(26)30-10-11-31(34)41-30)14-20(2)23-16-24(19-37-18-23)39-21(3)15-22-8-6-5-7-9-22/h4,10-14,16-19,22,36,39-40H,2-3,5-9,15,35H2,1H3/b25-14+,27-4+,36-32?. The van der Waals surface area contributed by atoms with Gasteiger partial charge in [-0.15, -0.1) is 11.3 Å². The quantitative estimate of drug-likeness (QED) is 0.114. The van der Waals surface area contributed by atoms with Gasteiger partial charge < -0.3 is 16.0 Å². The van der Waals surface area contributed by atoms with E-state index >= 15 is 0 Å². The molecule has 5 rings (SSSR count). The Morgan fingerprint density at radius 3 is 2.73 bits per heavy atom. The summed E-state index contributed by atoms with van der Waals surface area (Å²) in [5, 5.41) is 13.0. The summed E-state index contributed by atoms with van der Waals surface area (Å²) in [5.74, 6) is 0.693. The van der Waals surface area contributed by atoms with Crippen molar-refractivity contribution in [2.45, 2.75) is 45.4 Å². The number of aromatic nitrogens is 3. The van der Waals surface area contributed by atoms with E-state index in [1.807, 2.05) is 31.2 Å². The molecule has 5 N–H and O–H groups in total. The molecule has 8 heteroatoms. The van der Waals surface area contributed by atoms with Crippen molar-refractivity contribution in [3.63, 3.8) is 0 Å². The Bertz CT molecular complexity index is 1670. The Hall–Kier alpha value is -4.30. The molecule has 41 heavy (non-hydrogen) atoms. The van der Waals surface area contributed by atoms with Crippen LogP contribution in [-0.4, -0.2) is 20.7 Å².